The van der Waals surface area contributed by atoms with Crippen LogP contribution in [0.2, 0.25) is 0 Å². The van der Waals surface area contributed by atoms with E-state index in [1.165, 1.54) is 0 Å². The number of aldehydes is 1. The molecule has 2 rings (SSSR count). The minimum Gasteiger partial charge on any atom is -0.434 e. The molecule has 0 amide bonds. The van der Waals surface area contributed by atoms with Crippen LogP contribution in [0.5, 0.6) is 0 Å². The van der Waals surface area contributed by atoms with E-state index >= 15 is 0 Å². The fourth-order valence-corrected chi connectivity index (χ4v) is 1.69. The molecular formula is C10H13NO3. The SMILES string of the molecule is Cc1nc(C2(C)CCCO2)oc1C=O. The van der Waals surface area contributed by atoms with E-state index in [9.17, 15) is 4.79 Å². The lowest BCUT2D eigenvalue weighted by Crippen LogP contribution is -2.20. The highest BCUT2D eigenvalue weighted by molar-refractivity contribution is 5.71. The van der Waals surface area contributed by atoms with Crippen molar-refractivity contribution in [2.45, 2.75) is 32.3 Å². The summed E-state index contributed by atoms with van der Waals surface area (Å²) >= 11 is 0. The van der Waals surface area contributed by atoms with Crippen molar-refractivity contribution in [2.75, 3.05) is 6.61 Å². The van der Waals surface area contributed by atoms with Crippen LogP contribution in [0.4, 0.5) is 0 Å². The Morgan fingerprint density at radius 1 is 1.57 bits per heavy atom. The number of hydrogen-bond donors (Lipinski definition) is 0. The summed E-state index contributed by atoms with van der Waals surface area (Å²) in [6.45, 7) is 4.43. The van der Waals surface area contributed by atoms with E-state index < -0.39 is 5.60 Å². The summed E-state index contributed by atoms with van der Waals surface area (Å²) in [4.78, 5) is 14.8. The van der Waals surface area contributed by atoms with Crippen molar-refractivity contribution in [2.24, 2.45) is 0 Å². The molecule has 0 aromatic carbocycles. The smallest absolute Gasteiger partial charge is 0.227 e. The Morgan fingerprint density at radius 2 is 2.36 bits per heavy atom. The van der Waals surface area contributed by atoms with Gasteiger partial charge in [0.1, 0.15) is 5.60 Å². The molecule has 1 aliphatic heterocycles. The zero-order valence-corrected chi connectivity index (χ0v) is 8.37. The molecule has 1 unspecified atom stereocenters. The average Bonchev–Trinajstić information content (AvgIpc) is 2.73. The van der Waals surface area contributed by atoms with E-state index in [-0.39, 0.29) is 0 Å². The third-order valence-electron chi connectivity index (χ3n) is 2.61. The van der Waals surface area contributed by atoms with Crippen LogP contribution >= 0.6 is 0 Å². The first-order valence-electron chi connectivity index (χ1n) is 4.73. The van der Waals surface area contributed by atoms with Crippen LogP contribution in [0.1, 0.15) is 41.9 Å². The molecule has 0 N–H and O–H groups in total. The molecule has 1 aromatic heterocycles. The molecule has 76 valence electrons. The highest BCUT2D eigenvalue weighted by atomic mass is 16.5. The molecule has 0 radical (unpaired) electrons. The van der Waals surface area contributed by atoms with E-state index in [4.69, 9.17) is 9.15 Å². The van der Waals surface area contributed by atoms with Crippen molar-refractivity contribution in [1.82, 2.24) is 4.98 Å². The number of hydrogen-bond acceptors (Lipinski definition) is 4. The Bertz CT molecular complexity index is 350. The van der Waals surface area contributed by atoms with Gasteiger partial charge in [-0.2, -0.15) is 0 Å². The lowest BCUT2D eigenvalue weighted by atomic mass is 10.0. The van der Waals surface area contributed by atoms with Gasteiger partial charge >= 0.3 is 0 Å². The second-order valence-electron chi connectivity index (χ2n) is 3.77. The lowest BCUT2D eigenvalue weighted by Gasteiger charge is -2.17. The monoisotopic (exact) mass is 195 g/mol. The highest BCUT2D eigenvalue weighted by Crippen LogP contribution is 2.35. The summed E-state index contributed by atoms with van der Waals surface area (Å²) in [5, 5.41) is 0. The Labute approximate surface area is 82.3 Å². The van der Waals surface area contributed by atoms with Crippen molar-refractivity contribution < 1.29 is 13.9 Å². The molecule has 1 fully saturated rings. The predicted octanol–water partition coefficient (Wildman–Crippen LogP) is 1.82. The van der Waals surface area contributed by atoms with Gasteiger partial charge in [0.2, 0.25) is 5.89 Å². The minimum atomic E-state index is -0.438. The van der Waals surface area contributed by atoms with E-state index in [1.54, 1.807) is 6.92 Å². The van der Waals surface area contributed by atoms with Gasteiger partial charge in [0, 0.05) is 6.61 Å². The third kappa shape index (κ3) is 1.35. The predicted molar refractivity (Wildman–Crippen MR) is 49.2 cm³/mol. The number of nitrogens with zero attached hydrogens (tertiary/aromatic N) is 1. The Kier molecular flexibility index (Phi) is 2.15. The largest absolute Gasteiger partial charge is 0.434 e. The van der Waals surface area contributed by atoms with Gasteiger partial charge in [-0.3, -0.25) is 4.79 Å². The Morgan fingerprint density at radius 3 is 2.86 bits per heavy atom. The maximum Gasteiger partial charge on any atom is 0.227 e. The molecule has 0 aliphatic carbocycles. The Balaban J connectivity index is 2.36. The molecule has 14 heavy (non-hydrogen) atoms. The number of aromatic nitrogens is 1. The lowest BCUT2D eigenvalue weighted by molar-refractivity contribution is -0.00569. The fraction of sp³-hybridized carbons (Fsp3) is 0.600. The van der Waals surface area contributed by atoms with Gasteiger partial charge in [-0.25, -0.2) is 4.98 Å². The number of carbonyl (C=O) groups excluding carboxylic acids is 1. The number of aryl methyl sites for hydroxylation is 1. The van der Waals surface area contributed by atoms with Crippen molar-refractivity contribution in [3.05, 3.63) is 17.3 Å². The van der Waals surface area contributed by atoms with Crippen LogP contribution in [0.3, 0.4) is 0 Å². The summed E-state index contributed by atoms with van der Waals surface area (Å²) in [7, 11) is 0. The normalized spacial score (nSPS) is 26.7. The van der Waals surface area contributed by atoms with Gasteiger partial charge in [0.25, 0.3) is 0 Å². The zero-order valence-electron chi connectivity index (χ0n) is 8.37. The molecule has 0 bridgehead atoms. The first-order valence-corrected chi connectivity index (χ1v) is 4.73. The van der Waals surface area contributed by atoms with Gasteiger partial charge in [-0.05, 0) is 26.7 Å². The molecule has 4 heteroatoms. The number of oxazole rings is 1. The van der Waals surface area contributed by atoms with Gasteiger partial charge in [-0.15, -0.1) is 0 Å². The van der Waals surface area contributed by atoms with E-state index in [1.807, 2.05) is 6.92 Å². The number of rotatable bonds is 2. The quantitative estimate of drug-likeness (QED) is 0.675. The molecule has 1 aliphatic rings. The summed E-state index contributed by atoms with van der Waals surface area (Å²) in [5.74, 6) is 0.825. The molecule has 1 atom stereocenters. The minimum absolute atomic E-state index is 0.303. The van der Waals surface area contributed by atoms with Crippen LogP contribution in [0, 0.1) is 6.92 Å². The molecule has 2 heterocycles. The van der Waals surface area contributed by atoms with E-state index in [0.717, 1.165) is 19.4 Å². The first kappa shape index (κ1) is 9.40. The number of carbonyl (C=O) groups is 1. The second kappa shape index (κ2) is 3.20. The maximum absolute atomic E-state index is 10.6. The van der Waals surface area contributed by atoms with E-state index in [2.05, 4.69) is 4.98 Å². The number of ether oxygens (including phenoxy) is 1. The summed E-state index contributed by atoms with van der Waals surface area (Å²) in [5.41, 5.74) is 0.193. The highest BCUT2D eigenvalue weighted by Gasteiger charge is 2.37. The topological polar surface area (TPSA) is 52.3 Å². The summed E-state index contributed by atoms with van der Waals surface area (Å²) < 4.78 is 10.9. The molecule has 0 saturated carbocycles. The molecule has 1 aromatic rings. The first-order chi connectivity index (χ1) is 6.65. The van der Waals surface area contributed by atoms with Gasteiger partial charge < -0.3 is 9.15 Å². The van der Waals surface area contributed by atoms with Crippen molar-refractivity contribution in [3.63, 3.8) is 0 Å². The second-order valence-corrected chi connectivity index (χ2v) is 3.77. The van der Waals surface area contributed by atoms with Crippen molar-refractivity contribution in [1.29, 1.82) is 0 Å². The zero-order chi connectivity index (χ0) is 10.2. The van der Waals surface area contributed by atoms with Gasteiger partial charge in [0.15, 0.2) is 12.0 Å². The summed E-state index contributed by atoms with van der Waals surface area (Å²) in [6, 6.07) is 0. The van der Waals surface area contributed by atoms with Crippen LogP contribution in [-0.2, 0) is 10.3 Å². The van der Waals surface area contributed by atoms with Crippen LogP contribution in [0.25, 0.3) is 0 Å². The van der Waals surface area contributed by atoms with Crippen LogP contribution in [0.15, 0.2) is 4.42 Å². The van der Waals surface area contributed by atoms with Gasteiger partial charge in [-0.1, -0.05) is 0 Å². The van der Waals surface area contributed by atoms with Crippen LogP contribution in [-0.4, -0.2) is 17.9 Å². The molecule has 4 nitrogen and oxygen atoms in total. The van der Waals surface area contributed by atoms with Crippen molar-refractivity contribution in [3.8, 4) is 0 Å². The maximum atomic E-state index is 10.6. The Hall–Kier alpha value is -1.16. The molecular weight excluding hydrogens is 182 g/mol. The molecule has 1 saturated heterocycles. The van der Waals surface area contributed by atoms with E-state index in [0.29, 0.717) is 23.6 Å². The van der Waals surface area contributed by atoms with Crippen LogP contribution < -0.4 is 0 Å². The summed E-state index contributed by atoms with van der Waals surface area (Å²) in [6.07, 6.45) is 2.59. The van der Waals surface area contributed by atoms with Crippen molar-refractivity contribution >= 4 is 6.29 Å². The van der Waals surface area contributed by atoms with Gasteiger partial charge in [0.05, 0.1) is 5.69 Å². The standard InChI is InChI=1S/C10H13NO3/c1-7-8(6-12)14-9(11-7)10(2)4-3-5-13-10/h6H,3-5H2,1-2H3. The average molecular weight is 195 g/mol. The fourth-order valence-electron chi connectivity index (χ4n) is 1.69. The third-order valence-corrected chi connectivity index (χ3v) is 2.61. The molecule has 0 spiro atoms.